The second-order valence-corrected chi connectivity index (χ2v) is 9.19. The monoisotopic (exact) mass is 440 g/mol. The molecule has 8 heteroatoms. The zero-order valence-corrected chi connectivity index (χ0v) is 18.6. The molecule has 1 saturated carbocycles. The Morgan fingerprint density at radius 2 is 2.00 bits per heavy atom. The van der Waals surface area contributed by atoms with Crippen LogP contribution in [-0.2, 0) is 4.74 Å². The smallest absolute Gasteiger partial charge is 0.404 e. The predicted octanol–water partition coefficient (Wildman–Crippen LogP) is 4.11. The molecule has 2 aromatic carbocycles. The average molecular weight is 441 g/mol. The summed E-state index contributed by atoms with van der Waals surface area (Å²) in [5, 5.41) is 6.45. The van der Waals surface area contributed by atoms with Crippen molar-refractivity contribution >= 4 is 35.1 Å². The maximum absolute atomic E-state index is 13.0. The highest BCUT2D eigenvalue weighted by atomic mass is 32.2. The van der Waals surface area contributed by atoms with Gasteiger partial charge < -0.3 is 26.0 Å². The molecule has 4 N–H and O–H groups in total. The Morgan fingerprint density at radius 3 is 2.65 bits per heavy atom. The summed E-state index contributed by atoms with van der Waals surface area (Å²) < 4.78 is 5.01. The van der Waals surface area contributed by atoms with Crippen molar-refractivity contribution in [3.63, 3.8) is 0 Å². The van der Waals surface area contributed by atoms with Gasteiger partial charge in [-0.1, -0.05) is 19.1 Å². The highest BCUT2D eigenvalue weighted by molar-refractivity contribution is 7.99. The number of anilines is 2. The molecule has 2 aliphatic rings. The van der Waals surface area contributed by atoms with E-state index in [0.717, 1.165) is 27.6 Å². The number of fused-ring (bicyclic) bond motifs is 1. The number of thioether (sulfide) groups is 1. The largest absolute Gasteiger partial charge is 0.447 e. The molecule has 1 aliphatic carbocycles. The topological polar surface area (TPSA) is 96.7 Å². The lowest BCUT2D eigenvalue weighted by Crippen LogP contribution is -2.34. The Morgan fingerprint density at radius 1 is 1.26 bits per heavy atom. The summed E-state index contributed by atoms with van der Waals surface area (Å²) >= 11 is 1.74. The van der Waals surface area contributed by atoms with E-state index < -0.39 is 12.1 Å². The van der Waals surface area contributed by atoms with Crippen LogP contribution in [0.3, 0.4) is 0 Å². The fourth-order valence-electron chi connectivity index (χ4n) is 3.98. The number of carbonyl (C=O) groups excluding carboxylic acids is 2. The van der Waals surface area contributed by atoms with Crippen LogP contribution in [0, 0.1) is 0 Å². The third-order valence-electron chi connectivity index (χ3n) is 5.55. The van der Waals surface area contributed by atoms with Crippen LogP contribution in [0.4, 0.5) is 16.2 Å². The molecule has 2 aromatic rings. The fourth-order valence-corrected chi connectivity index (χ4v) is 4.64. The van der Waals surface area contributed by atoms with E-state index in [1.807, 2.05) is 42.5 Å². The molecule has 4 rings (SSSR count). The first kappa shape index (κ1) is 21.4. The molecule has 2 unspecified atom stereocenters. The molecule has 7 nitrogen and oxygen atoms in total. The summed E-state index contributed by atoms with van der Waals surface area (Å²) in [6, 6.07) is 13.7. The van der Waals surface area contributed by atoms with Gasteiger partial charge in [-0.2, -0.15) is 0 Å². The van der Waals surface area contributed by atoms with E-state index in [4.69, 9.17) is 10.5 Å². The summed E-state index contributed by atoms with van der Waals surface area (Å²) in [6.45, 7) is 4.20. The molecule has 1 fully saturated rings. The van der Waals surface area contributed by atoms with Crippen LogP contribution in [0.1, 0.15) is 48.7 Å². The molecular weight excluding hydrogens is 412 g/mol. The zero-order chi connectivity index (χ0) is 22.0. The second kappa shape index (κ2) is 9.09. The van der Waals surface area contributed by atoms with Gasteiger partial charge in [0.25, 0.3) is 5.91 Å². The highest BCUT2D eigenvalue weighted by Gasteiger charge is 2.37. The number of nitrogens with one attached hydrogen (secondary N) is 2. The Bertz CT molecular complexity index is 962. The van der Waals surface area contributed by atoms with Crippen LogP contribution in [0.2, 0.25) is 0 Å². The van der Waals surface area contributed by atoms with E-state index in [2.05, 4.69) is 29.4 Å². The van der Waals surface area contributed by atoms with Crippen LogP contribution in [0.15, 0.2) is 47.4 Å². The summed E-state index contributed by atoms with van der Waals surface area (Å²) in [5.41, 5.74) is 8.67. The first-order valence-electron chi connectivity index (χ1n) is 10.6. The minimum atomic E-state index is -0.867. The van der Waals surface area contributed by atoms with Gasteiger partial charge in [-0.15, -0.1) is 11.8 Å². The van der Waals surface area contributed by atoms with Crippen molar-refractivity contribution in [3.8, 4) is 0 Å². The van der Waals surface area contributed by atoms with Gasteiger partial charge in [0.05, 0.1) is 23.6 Å². The summed E-state index contributed by atoms with van der Waals surface area (Å²) in [7, 11) is 0. The van der Waals surface area contributed by atoms with Gasteiger partial charge in [-0.3, -0.25) is 4.79 Å². The number of hydrogen-bond donors (Lipinski definition) is 3. The number of rotatable bonds is 8. The third kappa shape index (κ3) is 4.90. The number of amides is 2. The maximum atomic E-state index is 13.0. The van der Waals surface area contributed by atoms with Gasteiger partial charge in [0, 0.05) is 16.5 Å². The number of carbonyl (C=O) groups is 2. The van der Waals surface area contributed by atoms with E-state index >= 15 is 0 Å². The van der Waals surface area contributed by atoms with Crippen molar-refractivity contribution in [3.05, 3.63) is 53.6 Å². The van der Waals surface area contributed by atoms with Gasteiger partial charge in [-0.05, 0) is 61.4 Å². The average Bonchev–Trinajstić information content (AvgIpc) is 3.52. The van der Waals surface area contributed by atoms with Gasteiger partial charge in [0.15, 0.2) is 0 Å². The van der Waals surface area contributed by atoms with E-state index in [1.165, 1.54) is 12.8 Å². The molecule has 1 heterocycles. The molecular formula is C23H28N4O3S. The van der Waals surface area contributed by atoms with Gasteiger partial charge >= 0.3 is 6.09 Å². The summed E-state index contributed by atoms with van der Waals surface area (Å²) in [4.78, 5) is 27.7. The van der Waals surface area contributed by atoms with E-state index in [-0.39, 0.29) is 18.7 Å². The highest BCUT2D eigenvalue weighted by Crippen LogP contribution is 2.42. The van der Waals surface area contributed by atoms with Crippen molar-refractivity contribution in [2.45, 2.75) is 49.8 Å². The van der Waals surface area contributed by atoms with E-state index in [0.29, 0.717) is 11.6 Å². The lowest BCUT2D eigenvalue weighted by Gasteiger charge is -2.23. The van der Waals surface area contributed by atoms with Crippen molar-refractivity contribution < 1.29 is 14.3 Å². The van der Waals surface area contributed by atoms with E-state index in [1.54, 1.807) is 11.8 Å². The zero-order valence-electron chi connectivity index (χ0n) is 17.8. The Hall–Kier alpha value is -2.87. The number of nitrogens with two attached hydrogens (primary N) is 1. The molecule has 0 spiro atoms. The Balaban J connectivity index is 1.50. The van der Waals surface area contributed by atoms with Crippen molar-refractivity contribution in [2.24, 2.45) is 5.73 Å². The van der Waals surface area contributed by atoms with Gasteiger partial charge in [-0.25, -0.2) is 4.79 Å². The Labute approximate surface area is 186 Å². The maximum Gasteiger partial charge on any atom is 0.404 e. The number of hydrogen-bond acceptors (Lipinski definition) is 6. The number of benzene rings is 2. The molecule has 0 aromatic heterocycles. The molecule has 0 bridgehead atoms. The van der Waals surface area contributed by atoms with E-state index in [9.17, 15) is 9.59 Å². The van der Waals surface area contributed by atoms with Crippen LogP contribution in [-0.4, -0.2) is 36.6 Å². The minimum absolute atomic E-state index is 0.0307. The number of nitrogens with zero attached hydrogens (tertiary/aromatic N) is 1. The molecule has 164 valence electrons. The lowest BCUT2D eigenvalue weighted by molar-refractivity contribution is 0.0898. The number of primary amides is 1. The molecule has 31 heavy (non-hydrogen) atoms. The lowest BCUT2D eigenvalue weighted by atomic mass is 10.1. The first-order chi connectivity index (χ1) is 15.0. The SMILES string of the molecule is CCSc1ccc(C(COC(N)=O)NC(=O)c2ccc3c(c2)NC(C)N3C2CC2)cc1. The minimum Gasteiger partial charge on any atom is -0.447 e. The van der Waals surface area contributed by atoms with Gasteiger partial charge in [0.1, 0.15) is 6.61 Å². The van der Waals surface area contributed by atoms with Crippen molar-refractivity contribution in [1.82, 2.24) is 5.32 Å². The third-order valence-corrected chi connectivity index (χ3v) is 6.44. The molecule has 1 aliphatic heterocycles. The Kier molecular flexibility index (Phi) is 6.27. The molecule has 2 atom stereocenters. The van der Waals surface area contributed by atoms with Crippen LogP contribution < -0.4 is 21.3 Å². The molecule has 0 saturated heterocycles. The van der Waals surface area contributed by atoms with Crippen LogP contribution >= 0.6 is 11.8 Å². The fraction of sp³-hybridized carbons (Fsp3) is 0.391. The van der Waals surface area contributed by atoms with Gasteiger partial charge in [0.2, 0.25) is 0 Å². The summed E-state index contributed by atoms with van der Waals surface area (Å²) in [6.07, 6.45) is 1.78. The quantitative estimate of drug-likeness (QED) is 0.535. The van der Waals surface area contributed by atoms with Crippen LogP contribution in [0.5, 0.6) is 0 Å². The summed E-state index contributed by atoms with van der Waals surface area (Å²) in [5.74, 6) is 0.750. The van der Waals surface area contributed by atoms with Crippen LogP contribution in [0.25, 0.3) is 0 Å². The predicted molar refractivity (Wildman–Crippen MR) is 124 cm³/mol. The van der Waals surface area contributed by atoms with Crippen molar-refractivity contribution in [2.75, 3.05) is 22.6 Å². The normalized spacial score (nSPS) is 18.1. The second-order valence-electron chi connectivity index (χ2n) is 7.85. The molecule has 2 amide bonds. The first-order valence-corrected chi connectivity index (χ1v) is 11.6. The molecule has 0 radical (unpaired) electrons. The number of ether oxygens (including phenoxy) is 1. The van der Waals surface area contributed by atoms with Crippen molar-refractivity contribution in [1.29, 1.82) is 0 Å². The standard InChI is InChI=1S/C23H28N4O3S/c1-3-31-18-9-4-15(5-10-18)20(13-30-23(24)29)26-22(28)16-6-11-21-19(12-16)25-14(2)27(21)17-7-8-17/h4-6,9-12,14,17,20,25H,3,7-8,13H2,1-2H3,(H2,24,29)(H,26,28).